The van der Waals surface area contributed by atoms with E-state index in [1.807, 2.05) is 24.3 Å². The fraction of sp³-hybridized carbons (Fsp3) is 0. The van der Waals surface area contributed by atoms with Gasteiger partial charge in [0.15, 0.2) is 0 Å². The molecule has 0 unspecified atom stereocenters. The van der Waals surface area contributed by atoms with Crippen molar-refractivity contribution in [2.75, 3.05) is 9.80 Å². The molecular formula is C66H44N2O2. The Bertz CT molecular complexity index is 3750. The molecule has 0 atom stereocenters. The molecule has 70 heavy (non-hydrogen) atoms. The summed E-state index contributed by atoms with van der Waals surface area (Å²) in [6.45, 7) is 0. The van der Waals surface area contributed by atoms with Crippen molar-refractivity contribution in [1.29, 1.82) is 0 Å². The Hall–Kier alpha value is -9.38. The van der Waals surface area contributed by atoms with Crippen molar-refractivity contribution in [1.82, 2.24) is 0 Å². The van der Waals surface area contributed by atoms with Crippen LogP contribution in [-0.2, 0) is 0 Å². The molecule has 13 aromatic rings. The molecule has 0 aliphatic heterocycles. The second-order valence-corrected chi connectivity index (χ2v) is 17.7. The average Bonchev–Trinajstić information content (AvgIpc) is 4.00. The summed E-state index contributed by atoms with van der Waals surface area (Å²) in [5, 5.41) is 4.42. The lowest BCUT2D eigenvalue weighted by molar-refractivity contribution is 0.669. The number of hydrogen-bond acceptors (Lipinski definition) is 4. The molecule has 0 saturated heterocycles. The standard InChI is InChI=1S/C66H44N2O2/c1-3-11-45(12-4-1)49-23-31-53(32-24-49)67(54-33-25-50(26-34-54)46-13-5-2-6-14-46)55-35-27-51(28-36-55)47-19-21-48(22-20-47)52-29-37-56(38-30-52)68(57-39-41-61-59-15-7-9-17-63(59)69-65(61)43-57)58-40-42-62-60-16-8-10-18-64(60)70-66(62)44-58/h1-44H. The van der Waals surface area contributed by atoms with E-state index in [1.54, 1.807) is 0 Å². The van der Waals surface area contributed by atoms with Gasteiger partial charge < -0.3 is 18.6 Å². The molecule has 2 heterocycles. The highest BCUT2D eigenvalue weighted by atomic mass is 16.3. The summed E-state index contributed by atoms with van der Waals surface area (Å²) in [7, 11) is 0. The van der Waals surface area contributed by atoms with Crippen LogP contribution < -0.4 is 9.80 Å². The van der Waals surface area contributed by atoms with Gasteiger partial charge in [-0.1, -0.05) is 170 Å². The highest BCUT2D eigenvalue weighted by Gasteiger charge is 2.19. The lowest BCUT2D eigenvalue weighted by atomic mass is 9.99. The second-order valence-electron chi connectivity index (χ2n) is 17.7. The van der Waals surface area contributed by atoms with Gasteiger partial charge in [0.25, 0.3) is 0 Å². The van der Waals surface area contributed by atoms with Crippen molar-refractivity contribution < 1.29 is 8.83 Å². The van der Waals surface area contributed by atoms with Gasteiger partial charge >= 0.3 is 0 Å². The van der Waals surface area contributed by atoms with Gasteiger partial charge in [0.1, 0.15) is 22.3 Å². The number of hydrogen-bond donors (Lipinski definition) is 0. The molecule has 2 aromatic heterocycles. The van der Waals surface area contributed by atoms with Gasteiger partial charge in [-0.25, -0.2) is 0 Å². The van der Waals surface area contributed by atoms with E-state index in [2.05, 4.69) is 252 Å². The van der Waals surface area contributed by atoms with E-state index in [4.69, 9.17) is 8.83 Å². The van der Waals surface area contributed by atoms with Crippen LogP contribution in [0.3, 0.4) is 0 Å². The van der Waals surface area contributed by atoms with Crippen LogP contribution in [0, 0.1) is 0 Å². The first kappa shape index (κ1) is 40.9. The van der Waals surface area contributed by atoms with Gasteiger partial charge in [-0.3, -0.25) is 0 Å². The second kappa shape index (κ2) is 17.4. The van der Waals surface area contributed by atoms with E-state index in [-0.39, 0.29) is 0 Å². The number of rotatable bonds is 10. The van der Waals surface area contributed by atoms with E-state index < -0.39 is 0 Å². The van der Waals surface area contributed by atoms with Crippen LogP contribution in [0.4, 0.5) is 34.1 Å². The van der Waals surface area contributed by atoms with Crippen molar-refractivity contribution in [3.05, 3.63) is 267 Å². The third-order valence-corrected chi connectivity index (χ3v) is 13.5. The van der Waals surface area contributed by atoms with Gasteiger partial charge in [0, 0.05) is 67.8 Å². The van der Waals surface area contributed by atoms with Crippen LogP contribution in [0.1, 0.15) is 0 Å². The van der Waals surface area contributed by atoms with Crippen molar-refractivity contribution in [3.8, 4) is 44.5 Å². The number of fused-ring (bicyclic) bond motifs is 6. The van der Waals surface area contributed by atoms with E-state index in [0.29, 0.717) is 0 Å². The maximum absolute atomic E-state index is 6.38. The normalized spacial score (nSPS) is 11.4. The molecule has 13 rings (SSSR count). The third kappa shape index (κ3) is 7.54. The van der Waals surface area contributed by atoms with E-state index >= 15 is 0 Å². The first-order valence-electron chi connectivity index (χ1n) is 23.7. The summed E-state index contributed by atoms with van der Waals surface area (Å²) in [5.74, 6) is 0. The molecule has 0 N–H and O–H groups in total. The number of benzene rings is 11. The Morgan fingerprint density at radius 2 is 0.429 bits per heavy atom. The van der Waals surface area contributed by atoms with Crippen molar-refractivity contribution >= 4 is 78.0 Å². The first-order valence-corrected chi connectivity index (χ1v) is 23.7. The minimum absolute atomic E-state index is 0.847. The van der Waals surface area contributed by atoms with Crippen molar-refractivity contribution in [3.63, 3.8) is 0 Å². The molecule has 0 amide bonds. The molecule has 0 radical (unpaired) electrons. The SMILES string of the molecule is c1ccc(-c2ccc(N(c3ccc(-c4ccccc4)cc3)c3ccc(-c4ccc(-c5ccc(N(c6ccc7c(c6)oc6ccccc67)c6ccc7c(c6)oc6ccccc67)cc5)cc4)cc3)cc2)cc1. The lowest BCUT2D eigenvalue weighted by Crippen LogP contribution is -2.09. The summed E-state index contributed by atoms with van der Waals surface area (Å²) >= 11 is 0. The van der Waals surface area contributed by atoms with Crippen LogP contribution in [0.5, 0.6) is 0 Å². The zero-order valence-electron chi connectivity index (χ0n) is 38.1. The zero-order valence-corrected chi connectivity index (χ0v) is 38.1. The van der Waals surface area contributed by atoms with Crippen molar-refractivity contribution in [2.24, 2.45) is 0 Å². The van der Waals surface area contributed by atoms with Crippen LogP contribution in [0.15, 0.2) is 276 Å². The number of anilines is 6. The highest BCUT2D eigenvalue weighted by molar-refractivity contribution is 6.08. The van der Waals surface area contributed by atoms with Crippen LogP contribution in [0.2, 0.25) is 0 Å². The minimum atomic E-state index is 0.847. The summed E-state index contributed by atoms with van der Waals surface area (Å²) < 4.78 is 12.8. The minimum Gasteiger partial charge on any atom is -0.456 e. The number of furan rings is 2. The fourth-order valence-electron chi connectivity index (χ4n) is 9.93. The van der Waals surface area contributed by atoms with Gasteiger partial charge in [-0.15, -0.1) is 0 Å². The summed E-state index contributed by atoms with van der Waals surface area (Å²) in [6, 6.07) is 94.7. The molecule has 4 heteroatoms. The molecule has 11 aromatic carbocycles. The Morgan fingerprint density at radius 1 is 0.186 bits per heavy atom. The quantitative estimate of drug-likeness (QED) is 0.137. The Balaban J connectivity index is 0.795. The molecule has 0 bridgehead atoms. The molecule has 0 spiro atoms. The maximum atomic E-state index is 6.38. The Morgan fingerprint density at radius 3 is 0.771 bits per heavy atom. The smallest absolute Gasteiger partial charge is 0.137 e. The molecule has 330 valence electrons. The predicted molar refractivity (Wildman–Crippen MR) is 292 cm³/mol. The van der Waals surface area contributed by atoms with Gasteiger partial charge in [-0.05, 0) is 129 Å². The van der Waals surface area contributed by atoms with E-state index in [9.17, 15) is 0 Å². The van der Waals surface area contributed by atoms with Gasteiger partial charge in [-0.2, -0.15) is 0 Å². The van der Waals surface area contributed by atoms with Gasteiger partial charge in [0.05, 0.1) is 0 Å². The fourth-order valence-corrected chi connectivity index (χ4v) is 9.93. The Kier molecular flexibility index (Phi) is 10.1. The topological polar surface area (TPSA) is 32.8 Å². The molecule has 0 saturated carbocycles. The molecular weight excluding hydrogens is 853 g/mol. The summed E-state index contributed by atoms with van der Waals surface area (Å²) in [4.78, 5) is 4.60. The Labute approximate surface area is 406 Å². The van der Waals surface area contributed by atoms with Crippen molar-refractivity contribution in [2.45, 2.75) is 0 Å². The van der Waals surface area contributed by atoms with Crippen LogP contribution >= 0.6 is 0 Å². The summed E-state index contributed by atoms with van der Waals surface area (Å²) in [5.41, 5.74) is 19.1. The molecule has 0 aliphatic rings. The molecule has 0 aliphatic carbocycles. The summed E-state index contributed by atoms with van der Waals surface area (Å²) in [6.07, 6.45) is 0. The number of para-hydroxylation sites is 2. The lowest BCUT2D eigenvalue weighted by Gasteiger charge is -2.26. The highest BCUT2D eigenvalue weighted by Crippen LogP contribution is 2.42. The van der Waals surface area contributed by atoms with E-state index in [1.165, 1.54) is 22.3 Å². The molecule has 0 fully saturated rings. The third-order valence-electron chi connectivity index (χ3n) is 13.5. The first-order chi connectivity index (χ1) is 34.7. The molecule has 4 nitrogen and oxygen atoms in total. The van der Waals surface area contributed by atoms with Crippen LogP contribution in [-0.4, -0.2) is 0 Å². The largest absolute Gasteiger partial charge is 0.456 e. The van der Waals surface area contributed by atoms with Crippen LogP contribution in [0.25, 0.3) is 88.4 Å². The predicted octanol–water partition coefficient (Wildman–Crippen LogP) is 19.1. The van der Waals surface area contributed by atoms with E-state index in [0.717, 1.165) is 100 Å². The maximum Gasteiger partial charge on any atom is 0.137 e. The number of nitrogens with zero attached hydrogens (tertiary/aromatic N) is 2. The monoisotopic (exact) mass is 896 g/mol. The van der Waals surface area contributed by atoms with Gasteiger partial charge in [0.2, 0.25) is 0 Å². The average molecular weight is 897 g/mol. The zero-order chi connectivity index (χ0) is 46.4.